The Labute approximate surface area is 121 Å². The lowest BCUT2D eigenvalue weighted by atomic mass is 10.2. The van der Waals surface area contributed by atoms with Crippen LogP contribution in [0.4, 0.5) is 5.69 Å². The van der Waals surface area contributed by atoms with Gasteiger partial charge in [-0.25, -0.2) is 0 Å². The molecule has 0 saturated heterocycles. The minimum Gasteiger partial charge on any atom is -0.492 e. The van der Waals surface area contributed by atoms with Gasteiger partial charge in [0.15, 0.2) is 10.8 Å². The molecule has 0 saturated carbocycles. The van der Waals surface area contributed by atoms with E-state index in [-0.39, 0.29) is 16.8 Å². The summed E-state index contributed by atoms with van der Waals surface area (Å²) >= 11 is 5.64. The summed E-state index contributed by atoms with van der Waals surface area (Å²) in [7, 11) is 0. The molecule has 1 aromatic heterocycles. The Hall–Kier alpha value is -2.14. The molecule has 0 atom stereocenters. The van der Waals surface area contributed by atoms with Crippen molar-refractivity contribution >= 4 is 23.2 Å². The van der Waals surface area contributed by atoms with E-state index in [1.807, 2.05) is 26.0 Å². The first-order chi connectivity index (χ1) is 9.60. The third-order valence-corrected chi connectivity index (χ3v) is 2.75. The third-order valence-electron chi connectivity index (χ3n) is 2.55. The Morgan fingerprint density at radius 3 is 2.75 bits per heavy atom. The molecule has 0 aliphatic rings. The minimum atomic E-state index is -0.362. The molecule has 1 amide bonds. The molecule has 2 aromatic rings. The molecule has 0 aliphatic heterocycles. The summed E-state index contributed by atoms with van der Waals surface area (Å²) in [6, 6.07) is 8.58. The first kappa shape index (κ1) is 14.3. The number of ether oxygens (including phenoxy) is 1. The summed E-state index contributed by atoms with van der Waals surface area (Å²) in [6.45, 7) is 4.37. The number of benzene rings is 1. The lowest BCUT2D eigenvalue weighted by Gasteiger charge is -2.11. The zero-order chi connectivity index (χ0) is 14.5. The van der Waals surface area contributed by atoms with Crippen molar-refractivity contribution in [3.63, 3.8) is 0 Å². The van der Waals surface area contributed by atoms with Crippen molar-refractivity contribution in [1.29, 1.82) is 0 Å². The van der Waals surface area contributed by atoms with E-state index in [9.17, 15) is 4.79 Å². The molecular formula is C14H14ClN3O2. The summed E-state index contributed by atoms with van der Waals surface area (Å²) in [5.41, 5.74) is 1.84. The van der Waals surface area contributed by atoms with Crippen molar-refractivity contribution in [3.05, 3.63) is 46.7 Å². The molecule has 20 heavy (non-hydrogen) atoms. The summed E-state index contributed by atoms with van der Waals surface area (Å²) in [5, 5.41) is 10.4. The number of anilines is 1. The number of nitrogens with one attached hydrogen (secondary N) is 1. The Morgan fingerprint density at radius 1 is 1.30 bits per heavy atom. The van der Waals surface area contributed by atoms with E-state index < -0.39 is 0 Å². The highest BCUT2D eigenvalue weighted by Gasteiger charge is 2.11. The van der Waals surface area contributed by atoms with Crippen molar-refractivity contribution in [3.8, 4) is 5.75 Å². The maximum Gasteiger partial charge on any atom is 0.276 e. The van der Waals surface area contributed by atoms with Crippen LogP contribution in [0.25, 0.3) is 0 Å². The maximum absolute atomic E-state index is 12.1. The second-order valence-corrected chi connectivity index (χ2v) is 4.52. The van der Waals surface area contributed by atoms with Gasteiger partial charge in [0.05, 0.1) is 12.3 Å². The molecule has 104 valence electrons. The average Bonchev–Trinajstić information content (AvgIpc) is 2.43. The second kappa shape index (κ2) is 6.34. The van der Waals surface area contributed by atoms with Gasteiger partial charge in [-0.3, -0.25) is 4.79 Å². The number of hydrogen-bond acceptors (Lipinski definition) is 4. The fourth-order valence-corrected chi connectivity index (χ4v) is 1.73. The zero-order valence-electron chi connectivity index (χ0n) is 11.2. The highest BCUT2D eigenvalue weighted by atomic mass is 35.5. The predicted octanol–water partition coefficient (Wildman–Crippen LogP) is 3.09. The van der Waals surface area contributed by atoms with Gasteiger partial charge in [-0.1, -0.05) is 17.7 Å². The van der Waals surface area contributed by atoms with Crippen LogP contribution >= 0.6 is 11.6 Å². The quantitative estimate of drug-likeness (QED) is 0.940. The van der Waals surface area contributed by atoms with Gasteiger partial charge in [0.25, 0.3) is 5.91 Å². The van der Waals surface area contributed by atoms with Crippen LogP contribution in [-0.2, 0) is 0 Å². The molecule has 0 fully saturated rings. The van der Waals surface area contributed by atoms with Crippen molar-refractivity contribution in [2.24, 2.45) is 0 Å². The van der Waals surface area contributed by atoms with Crippen molar-refractivity contribution < 1.29 is 9.53 Å². The van der Waals surface area contributed by atoms with Crippen LogP contribution in [0, 0.1) is 6.92 Å². The topological polar surface area (TPSA) is 64.1 Å². The van der Waals surface area contributed by atoms with Crippen LogP contribution in [0.15, 0.2) is 30.3 Å². The lowest BCUT2D eigenvalue weighted by molar-refractivity contribution is 0.102. The number of amides is 1. The van der Waals surface area contributed by atoms with Crippen molar-refractivity contribution in [2.75, 3.05) is 11.9 Å². The normalized spacial score (nSPS) is 10.2. The molecule has 1 N–H and O–H groups in total. The Bertz CT molecular complexity index is 614. The Balaban J connectivity index is 2.21. The molecule has 0 aliphatic carbocycles. The molecule has 6 heteroatoms. The number of rotatable bonds is 4. The van der Waals surface area contributed by atoms with E-state index in [1.54, 1.807) is 6.07 Å². The second-order valence-electron chi connectivity index (χ2n) is 4.13. The van der Waals surface area contributed by atoms with E-state index in [1.165, 1.54) is 12.1 Å². The fraction of sp³-hybridized carbons (Fsp3) is 0.214. The minimum absolute atomic E-state index is 0.192. The van der Waals surface area contributed by atoms with Crippen molar-refractivity contribution in [1.82, 2.24) is 10.2 Å². The van der Waals surface area contributed by atoms with E-state index in [4.69, 9.17) is 16.3 Å². The zero-order valence-corrected chi connectivity index (χ0v) is 11.9. The van der Waals surface area contributed by atoms with E-state index in [0.29, 0.717) is 18.0 Å². The van der Waals surface area contributed by atoms with Gasteiger partial charge >= 0.3 is 0 Å². The first-order valence-electron chi connectivity index (χ1n) is 6.14. The predicted molar refractivity (Wildman–Crippen MR) is 77.3 cm³/mol. The SMILES string of the molecule is CCOc1cc(C)ccc1NC(=O)c1ccc(Cl)nn1. The number of carbonyl (C=O) groups excluding carboxylic acids is 1. The number of halogens is 1. The van der Waals surface area contributed by atoms with Gasteiger partial charge in [0.2, 0.25) is 0 Å². The lowest BCUT2D eigenvalue weighted by Crippen LogP contribution is -2.15. The monoisotopic (exact) mass is 291 g/mol. The smallest absolute Gasteiger partial charge is 0.276 e. The first-order valence-corrected chi connectivity index (χ1v) is 6.52. The highest BCUT2D eigenvalue weighted by molar-refractivity contribution is 6.29. The van der Waals surface area contributed by atoms with Gasteiger partial charge < -0.3 is 10.1 Å². The number of hydrogen-bond donors (Lipinski definition) is 1. The molecule has 0 unspecified atom stereocenters. The number of aryl methyl sites for hydroxylation is 1. The van der Waals surface area contributed by atoms with Crippen LogP contribution in [0.5, 0.6) is 5.75 Å². The molecule has 5 nitrogen and oxygen atoms in total. The standard InChI is InChI=1S/C14H14ClN3O2/c1-3-20-12-8-9(2)4-5-10(12)16-14(19)11-6-7-13(15)18-17-11/h4-8H,3H2,1-2H3,(H,16,19). The van der Waals surface area contributed by atoms with Crippen LogP contribution in [0.2, 0.25) is 5.15 Å². The number of carbonyl (C=O) groups is 1. The molecule has 0 spiro atoms. The molecule has 1 aromatic carbocycles. The molecule has 0 bridgehead atoms. The molecule has 1 heterocycles. The van der Waals surface area contributed by atoms with E-state index >= 15 is 0 Å². The van der Waals surface area contributed by atoms with E-state index in [0.717, 1.165) is 5.56 Å². The summed E-state index contributed by atoms with van der Waals surface area (Å²) < 4.78 is 5.50. The largest absolute Gasteiger partial charge is 0.492 e. The fourth-order valence-electron chi connectivity index (χ4n) is 1.63. The summed E-state index contributed by atoms with van der Waals surface area (Å²) in [5.74, 6) is 0.266. The maximum atomic E-state index is 12.1. The van der Waals surface area contributed by atoms with Gasteiger partial charge in [-0.15, -0.1) is 10.2 Å². The third kappa shape index (κ3) is 3.45. The van der Waals surface area contributed by atoms with Crippen LogP contribution in [0.1, 0.15) is 23.0 Å². The molecular weight excluding hydrogens is 278 g/mol. The Morgan fingerprint density at radius 2 is 2.10 bits per heavy atom. The summed E-state index contributed by atoms with van der Waals surface area (Å²) in [6.07, 6.45) is 0. The highest BCUT2D eigenvalue weighted by Crippen LogP contribution is 2.26. The van der Waals surface area contributed by atoms with Gasteiger partial charge in [-0.05, 0) is 43.7 Å². The number of aromatic nitrogens is 2. The van der Waals surface area contributed by atoms with Crippen LogP contribution in [-0.4, -0.2) is 22.7 Å². The Kier molecular flexibility index (Phi) is 4.53. The van der Waals surface area contributed by atoms with Gasteiger partial charge in [0.1, 0.15) is 5.75 Å². The average molecular weight is 292 g/mol. The molecule has 0 radical (unpaired) electrons. The van der Waals surface area contributed by atoms with E-state index in [2.05, 4.69) is 15.5 Å². The van der Waals surface area contributed by atoms with Crippen LogP contribution < -0.4 is 10.1 Å². The van der Waals surface area contributed by atoms with Gasteiger partial charge in [0, 0.05) is 0 Å². The summed E-state index contributed by atoms with van der Waals surface area (Å²) in [4.78, 5) is 12.1. The van der Waals surface area contributed by atoms with Gasteiger partial charge in [-0.2, -0.15) is 0 Å². The number of nitrogens with zero attached hydrogens (tertiary/aromatic N) is 2. The van der Waals surface area contributed by atoms with Crippen molar-refractivity contribution in [2.45, 2.75) is 13.8 Å². The molecule has 2 rings (SSSR count). The van der Waals surface area contributed by atoms with Crippen LogP contribution in [0.3, 0.4) is 0 Å².